The number of ether oxygens (including phenoxy) is 1. The van der Waals surface area contributed by atoms with Crippen LogP contribution < -0.4 is 10.7 Å². The van der Waals surface area contributed by atoms with Crippen LogP contribution in [0.1, 0.15) is 18.9 Å². The van der Waals surface area contributed by atoms with Crippen molar-refractivity contribution in [1.29, 1.82) is 0 Å². The lowest BCUT2D eigenvalue weighted by atomic mass is 9.93. The zero-order valence-corrected chi connectivity index (χ0v) is 19.6. The van der Waals surface area contributed by atoms with Crippen molar-refractivity contribution in [2.24, 2.45) is 0 Å². The number of phenols is 1. The van der Waals surface area contributed by atoms with Crippen molar-refractivity contribution in [3.05, 3.63) is 80.9 Å². The molecule has 33 heavy (non-hydrogen) atoms. The molecule has 1 heterocycles. The standard InChI is InChI=1S/C26H23Cl2NO4/c1-3-32-10-4-9-29-15(2)16-5-7-17(8-6-16)26-18-11-20(27)22(30)13-24(18)33-25-14-23(31)21(28)12-19(25)26/h5-8,11-14,29-30H,2-4,9-10H2,1H3. The highest BCUT2D eigenvalue weighted by Gasteiger charge is 2.20. The molecule has 4 rings (SSSR count). The predicted molar refractivity (Wildman–Crippen MR) is 134 cm³/mol. The van der Waals surface area contributed by atoms with Gasteiger partial charge in [0.2, 0.25) is 5.43 Å². The molecule has 0 bridgehead atoms. The molecule has 2 aromatic rings. The lowest BCUT2D eigenvalue weighted by Gasteiger charge is -2.17. The van der Waals surface area contributed by atoms with Crippen LogP contribution in [0.5, 0.6) is 5.75 Å². The molecule has 1 aliphatic carbocycles. The Hall–Kier alpha value is -2.99. The number of phenolic OH excluding ortho intramolecular Hbond substituents is 1. The van der Waals surface area contributed by atoms with E-state index in [1.807, 2.05) is 31.2 Å². The van der Waals surface area contributed by atoms with Gasteiger partial charge in [-0.15, -0.1) is 0 Å². The van der Waals surface area contributed by atoms with Gasteiger partial charge in [0.25, 0.3) is 0 Å². The number of nitrogens with one attached hydrogen (secondary N) is 1. The summed E-state index contributed by atoms with van der Waals surface area (Å²) in [6.45, 7) is 8.29. The number of benzene rings is 3. The molecule has 0 radical (unpaired) electrons. The largest absolute Gasteiger partial charge is 0.506 e. The van der Waals surface area contributed by atoms with Crippen LogP contribution in [0, 0.1) is 0 Å². The van der Waals surface area contributed by atoms with Crippen LogP contribution >= 0.6 is 23.2 Å². The van der Waals surface area contributed by atoms with Crippen LogP contribution in [0.3, 0.4) is 0 Å². The normalized spacial score (nSPS) is 11.2. The second kappa shape index (κ2) is 9.87. The molecular formula is C26H23Cl2NO4. The fourth-order valence-corrected chi connectivity index (χ4v) is 4.04. The molecule has 0 aromatic heterocycles. The fraction of sp³-hybridized carbons (Fsp3) is 0.192. The first-order valence-electron chi connectivity index (χ1n) is 10.6. The summed E-state index contributed by atoms with van der Waals surface area (Å²) in [4.78, 5) is 12.1. The minimum Gasteiger partial charge on any atom is -0.506 e. The van der Waals surface area contributed by atoms with E-state index in [4.69, 9.17) is 32.4 Å². The highest BCUT2D eigenvalue weighted by Crippen LogP contribution is 2.43. The number of hydrogen-bond acceptors (Lipinski definition) is 5. The Morgan fingerprint density at radius 3 is 2.61 bits per heavy atom. The van der Waals surface area contributed by atoms with E-state index in [9.17, 15) is 9.90 Å². The van der Waals surface area contributed by atoms with Crippen molar-refractivity contribution in [2.45, 2.75) is 13.3 Å². The number of rotatable bonds is 8. The third-order valence-corrected chi connectivity index (χ3v) is 5.97. The topological polar surface area (TPSA) is 71.7 Å². The van der Waals surface area contributed by atoms with Gasteiger partial charge in [0.15, 0.2) is 0 Å². The summed E-state index contributed by atoms with van der Waals surface area (Å²) in [6, 6.07) is 13.9. The Morgan fingerprint density at radius 2 is 1.88 bits per heavy atom. The minimum atomic E-state index is -0.335. The van der Waals surface area contributed by atoms with E-state index in [0.29, 0.717) is 35.5 Å². The molecule has 0 fully saturated rings. The molecule has 0 saturated carbocycles. The smallest absolute Gasteiger partial charge is 0.200 e. The van der Waals surface area contributed by atoms with Gasteiger partial charge >= 0.3 is 0 Å². The third kappa shape index (κ3) is 4.86. The first-order valence-corrected chi connectivity index (χ1v) is 11.3. The van der Waals surface area contributed by atoms with Gasteiger partial charge in [-0.1, -0.05) is 54.0 Å². The molecular weight excluding hydrogens is 461 g/mol. The Morgan fingerprint density at radius 1 is 1.12 bits per heavy atom. The van der Waals surface area contributed by atoms with E-state index >= 15 is 0 Å². The molecule has 170 valence electrons. The summed E-state index contributed by atoms with van der Waals surface area (Å²) < 4.78 is 11.3. The number of halogens is 2. The minimum absolute atomic E-state index is 0.100. The summed E-state index contributed by atoms with van der Waals surface area (Å²) in [6.07, 6.45) is 0.895. The van der Waals surface area contributed by atoms with E-state index in [1.165, 1.54) is 12.1 Å². The van der Waals surface area contributed by atoms with Crippen molar-refractivity contribution >= 4 is 39.9 Å². The van der Waals surface area contributed by atoms with Crippen molar-refractivity contribution in [3.63, 3.8) is 0 Å². The fourth-order valence-electron chi connectivity index (χ4n) is 3.71. The lowest BCUT2D eigenvalue weighted by molar-refractivity contribution is 0.145. The van der Waals surface area contributed by atoms with E-state index in [0.717, 1.165) is 35.4 Å². The van der Waals surface area contributed by atoms with Gasteiger partial charge in [-0.25, -0.2) is 0 Å². The lowest BCUT2D eigenvalue weighted by Crippen LogP contribution is -2.14. The number of hydrogen-bond donors (Lipinski definition) is 2. The Labute approximate surface area is 201 Å². The second-order valence-corrected chi connectivity index (χ2v) is 8.40. The van der Waals surface area contributed by atoms with E-state index < -0.39 is 0 Å². The monoisotopic (exact) mass is 483 g/mol. The van der Waals surface area contributed by atoms with E-state index in [2.05, 4.69) is 11.9 Å². The summed E-state index contributed by atoms with van der Waals surface area (Å²) in [5, 5.41) is 14.4. The summed E-state index contributed by atoms with van der Waals surface area (Å²) >= 11 is 12.4. The van der Waals surface area contributed by atoms with Gasteiger partial charge in [0.1, 0.15) is 17.1 Å². The molecule has 2 aromatic carbocycles. The average molecular weight is 484 g/mol. The van der Waals surface area contributed by atoms with Crippen molar-refractivity contribution in [3.8, 4) is 28.2 Å². The maximum Gasteiger partial charge on any atom is 0.200 e. The zero-order valence-electron chi connectivity index (χ0n) is 18.1. The summed E-state index contributed by atoms with van der Waals surface area (Å²) in [5.74, 6) is 0.273. The van der Waals surface area contributed by atoms with Gasteiger partial charge in [-0.05, 0) is 36.6 Å². The molecule has 0 spiro atoms. The molecule has 0 saturated heterocycles. The van der Waals surface area contributed by atoms with E-state index in [1.54, 1.807) is 12.1 Å². The molecule has 0 unspecified atom stereocenters. The number of fused-ring (bicyclic) bond motifs is 2. The molecule has 2 aliphatic rings. The maximum atomic E-state index is 12.1. The predicted octanol–water partition coefficient (Wildman–Crippen LogP) is 6.56. The highest BCUT2D eigenvalue weighted by atomic mass is 35.5. The summed E-state index contributed by atoms with van der Waals surface area (Å²) in [7, 11) is 0. The van der Waals surface area contributed by atoms with Crippen molar-refractivity contribution in [1.82, 2.24) is 5.32 Å². The number of aromatic hydroxyl groups is 1. The van der Waals surface area contributed by atoms with E-state index in [-0.39, 0.29) is 21.2 Å². The van der Waals surface area contributed by atoms with Crippen LogP contribution in [0.15, 0.2) is 64.3 Å². The quantitative estimate of drug-likeness (QED) is 0.219. The second-order valence-electron chi connectivity index (χ2n) is 7.59. The average Bonchev–Trinajstić information content (AvgIpc) is 2.80. The molecule has 0 atom stereocenters. The Kier molecular flexibility index (Phi) is 6.94. The van der Waals surface area contributed by atoms with Gasteiger partial charge < -0.3 is 19.6 Å². The Bertz CT molecular complexity index is 1350. The zero-order chi connectivity index (χ0) is 23.5. The van der Waals surface area contributed by atoms with Crippen molar-refractivity contribution < 1.29 is 14.3 Å². The van der Waals surface area contributed by atoms with Gasteiger partial charge in [-0.2, -0.15) is 0 Å². The van der Waals surface area contributed by atoms with Crippen LogP contribution in [0.2, 0.25) is 10.0 Å². The van der Waals surface area contributed by atoms with Gasteiger partial charge in [0.05, 0.1) is 10.0 Å². The maximum absolute atomic E-state index is 12.1. The van der Waals surface area contributed by atoms with Crippen LogP contribution in [-0.2, 0) is 4.74 Å². The van der Waals surface area contributed by atoms with Gasteiger partial charge in [-0.3, -0.25) is 4.79 Å². The van der Waals surface area contributed by atoms with Gasteiger partial charge in [0, 0.05) is 54.1 Å². The summed E-state index contributed by atoms with van der Waals surface area (Å²) in [5.41, 5.74) is 4.21. The molecule has 7 heteroatoms. The first-order chi connectivity index (χ1) is 15.9. The molecule has 1 aliphatic heterocycles. The third-order valence-electron chi connectivity index (χ3n) is 5.37. The van der Waals surface area contributed by atoms with Crippen molar-refractivity contribution in [2.75, 3.05) is 19.8 Å². The molecule has 0 amide bonds. The SMILES string of the molecule is C=C(NCCCOCC)c1ccc(-c2c3cc(Cl)c(=O)cc-3oc3cc(O)c(Cl)cc23)cc1. The van der Waals surface area contributed by atoms with Crippen LogP contribution in [0.4, 0.5) is 0 Å². The molecule has 5 nitrogen and oxygen atoms in total. The highest BCUT2D eigenvalue weighted by molar-refractivity contribution is 6.33. The van der Waals surface area contributed by atoms with Crippen LogP contribution in [0.25, 0.3) is 39.1 Å². The molecule has 2 N–H and O–H groups in total. The Balaban J connectivity index is 1.75. The van der Waals surface area contributed by atoms with Crippen LogP contribution in [-0.4, -0.2) is 24.9 Å². The first kappa shape index (κ1) is 23.2.